The third-order valence-electron chi connectivity index (χ3n) is 3.91. The fourth-order valence-electron chi connectivity index (χ4n) is 2.29. The summed E-state index contributed by atoms with van der Waals surface area (Å²) in [4.78, 5) is 35.4. The highest BCUT2D eigenvalue weighted by Gasteiger charge is 2.25. The predicted octanol–water partition coefficient (Wildman–Crippen LogP) is 1.65. The van der Waals surface area contributed by atoms with Crippen molar-refractivity contribution >= 4 is 24.0 Å². The lowest BCUT2D eigenvalue weighted by atomic mass is 10.1. The van der Waals surface area contributed by atoms with Crippen molar-refractivity contribution in [1.82, 2.24) is 10.6 Å². The molecule has 0 aromatic heterocycles. The van der Waals surface area contributed by atoms with Gasteiger partial charge in [0.25, 0.3) is 5.91 Å². The van der Waals surface area contributed by atoms with E-state index < -0.39 is 24.0 Å². The number of carbonyl (C=O) groups excluding carboxylic acids is 3. The molecule has 0 spiro atoms. The largest absolute Gasteiger partial charge is 0.493 e. The minimum absolute atomic E-state index is 0.118. The Morgan fingerprint density at radius 1 is 1.07 bits per heavy atom. The van der Waals surface area contributed by atoms with Crippen molar-refractivity contribution in [2.45, 2.75) is 31.9 Å². The van der Waals surface area contributed by atoms with Crippen LogP contribution in [0.3, 0.4) is 0 Å². The van der Waals surface area contributed by atoms with E-state index in [4.69, 9.17) is 18.9 Å². The number of hydrogen-bond donors (Lipinski definition) is 2. The van der Waals surface area contributed by atoms with Gasteiger partial charge >= 0.3 is 12.0 Å². The first-order valence-electron chi connectivity index (χ1n) is 8.68. The molecule has 1 saturated carbocycles. The highest BCUT2D eigenvalue weighted by atomic mass is 16.5. The van der Waals surface area contributed by atoms with Crippen molar-refractivity contribution in [3.63, 3.8) is 0 Å². The number of nitrogens with one attached hydrogen (secondary N) is 2. The van der Waals surface area contributed by atoms with E-state index in [9.17, 15) is 14.4 Å². The minimum atomic E-state index is -1.12. The van der Waals surface area contributed by atoms with Gasteiger partial charge in [0.05, 0.1) is 21.3 Å². The molecule has 0 radical (unpaired) electrons. The molecule has 1 aliphatic rings. The minimum Gasteiger partial charge on any atom is -0.493 e. The van der Waals surface area contributed by atoms with Crippen molar-refractivity contribution in [1.29, 1.82) is 0 Å². The van der Waals surface area contributed by atoms with Gasteiger partial charge in [-0.1, -0.05) is 0 Å². The molecule has 28 heavy (non-hydrogen) atoms. The van der Waals surface area contributed by atoms with Crippen LogP contribution in [0.25, 0.3) is 6.08 Å². The number of benzene rings is 1. The molecule has 1 unspecified atom stereocenters. The van der Waals surface area contributed by atoms with Crippen LogP contribution in [0.1, 0.15) is 25.3 Å². The average molecular weight is 392 g/mol. The number of ether oxygens (including phenoxy) is 4. The molecule has 0 saturated heterocycles. The molecule has 1 fully saturated rings. The van der Waals surface area contributed by atoms with Gasteiger partial charge in [-0.25, -0.2) is 9.59 Å². The zero-order valence-electron chi connectivity index (χ0n) is 16.2. The lowest BCUT2D eigenvalue weighted by Crippen LogP contribution is -2.45. The number of carbonyl (C=O) groups is 3. The van der Waals surface area contributed by atoms with Crippen LogP contribution in [-0.4, -0.2) is 51.4 Å². The van der Waals surface area contributed by atoms with E-state index in [1.807, 2.05) is 0 Å². The van der Waals surface area contributed by atoms with E-state index in [-0.39, 0.29) is 6.04 Å². The van der Waals surface area contributed by atoms with Crippen LogP contribution in [-0.2, 0) is 14.3 Å². The highest BCUT2D eigenvalue weighted by Crippen LogP contribution is 2.38. The topological polar surface area (TPSA) is 112 Å². The summed E-state index contributed by atoms with van der Waals surface area (Å²) < 4.78 is 20.7. The van der Waals surface area contributed by atoms with Gasteiger partial charge in [-0.2, -0.15) is 0 Å². The van der Waals surface area contributed by atoms with E-state index in [0.717, 1.165) is 18.9 Å². The van der Waals surface area contributed by atoms with Gasteiger partial charge in [0.2, 0.25) is 5.75 Å². The number of amides is 3. The maximum Gasteiger partial charge on any atom is 0.331 e. The van der Waals surface area contributed by atoms with Crippen LogP contribution in [0.15, 0.2) is 18.2 Å². The van der Waals surface area contributed by atoms with E-state index in [2.05, 4.69) is 10.6 Å². The Labute approximate surface area is 163 Å². The fourth-order valence-corrected chi connectivity index (χ4v) is 2.29. The third kappa shape index (κ3) is 5.90. The second kappa shape index (κ2) is 9.63. The second-order valence-corrected chi connectivity index (χ2v) is 6.11. The summed E-state index contributed by atoms with van der Waals surface area (Å²) >= 11 is 0. The van der Waals surface area contributed by atoms with Crippen molar-refractivity contribution in [2.75, 3.05) is 21.3 Å². The first-order chi connectivity index (χ1) is 13.4. The zero-order valence-corrected chi connectivity index (χ0v) is 16.2. The summed E-state index contributed by atoms with van der Waals surface area (Å²) in [5.41, 5.74) is 0.604. The summed E-state index contributed by atoms with van der Waals surface area (Å²) in [6.07, 6.45) is 3.32. The quantitative estimate of drug-likeness (QED) is 0.511. The fraction of sp³-hybridized carbons (Fsp3) is 0.421. The van der Waals surface area contributed by atoms with Crippen molar-refractivity contribution in [3.8, 4) is 17.2 Å². The monoisotopic (exact) mass is 392 g/mol. The zero-order chi connectivity index (χ0) is 20.7. The van der Waals surface area contributed by atoms with E-state index in [1.165, 1.54) is 34.3 Å². The van der Waals surface area contributed by atoms with Gasteiger partial charge < -0.3 is 24.3 Å². The van der Waals surface area contributed by atoms with Crippen LogP contribution < -0.4 is 24.8 Å². The van der Waals surface area contributed by atoms with Crippen molar-refractivity contribution < 1.29 is 33.3 Å². The molecule has 0 heterocycles. The van der Waals surface area contributed by atoms with E-state index >= 15 is 0 Å². The Bertz CT molecular complexity index is 747. The van der Waals surface area contributed by atoms with Gasteiger partial charge in [-0.05, 0) is 43.5 Å². The van der Waals surface area contributed by atoms with Gasteiger partial charge in [0.15, 0.2) is 17.6 Å². The molecule has 0 aliphatic heterocycles. The molecule has 1 atom stereocenters. The lowest BCUT2D eigenvalue weighted by Gasteiger charge is -2.13. The number of methoxy groups -OCH3 is 3. The summed E-state index contributed by atoms with van der Waals surface area (Å²) in [7, 11) is 4.46. The molecule has 0 bridgehead atoms. The van der Waals surface area contributed by atoms with Crippen molar-refractivity contribution in [2.24, 2.45) is 0 Å². The van der Waals surface area contributed by atoms with Gasteiger partial charge in [0.1, 0.15) is 0 Å². The van der Waals surface area contributed by atoms with Crippen LogP contribution >= 0.6 is 0 Å². The standard InChI is InChI=1S/C19H24N2O7/c1-11(18(23)21-19(24)20-13-6-7-13)28-16(22)8-5-12-9-14(25-2)17(27-4)15(10-12)26-3/h5,8-11,13H,6-7H2,1-4H3,(H2,20,21,23,24)/b8-5+. The Kier molecular flexibility index (Phi) is 7.25. The third-order valence-corrected chi connectivity index (χ3v) is 3.91. The second-order valence-electron chi connectivity index (χ2n) is 6.11. The van der Waals surface area contributed by atoms with Crippen LogP contribution in [0.2, 0.25) is 0 Å². The SMILES string of the molecule is COc1cc(/C=C/C(=O)OC(C)C(=O)NC(=O)NC2CC2)cc(OC)c1OC. The number of rotatable bonds is 8. The Hall–Kier alpha value is -3.23. The number of imide groups is 1. The van der Waals surface area contributed by atoms with Crippen molar-refractivity contribution in [3.05, 3.63) is 23.8 Å². The summed E-state index contributed by atoms with van der Waals surface area (Å²) in [6.45, 7) is 1.38. The lowest BCUT2D eigenvalue weighted by molar-refractivity contribution is -0.149. The molecule has 9 heteroatoms. The molecular weight excluding hydrogens is 368 g/mol. The molecule has 9 nitrogen and oxygen atoms in total. The molecule has 152 valence electrons. The van der Waals surface area contributed by atoms with E-state index in [0.29, 0.717) is 22.8 Å². The molecule has 2 rings (SSSR count). The number of esters is 1. The Morgan fingerprint density at radius 3 is 2.18 bits per heavy atom. The normalized spacial score (nSPS) is 14.1. The molecular formula is C19H24N2O7. The maximum absolute atomic E-state index is 12.0. The number of hydrogen-bond acceptors (Lipinski definition) is 7. The predicted molar refractivity (Wildman–Crippen MR) is 100 cm³/mol. The molecule has 2 N–H and O–H groups in total. The molecule has 1 aromatic rings. The van der Waals surface area contributed by atoms with Gasteiger partial charge in [-0.15, -0.1) is 0 Å². The Morgan fingerprint density at radius 2 is 1.68 bits per heavy atom. The first kappa shape index (κ1) is 21.1. The van der Waals surface area contributed by atoms with E-state index in [1.54, 1.807) is 12.1 Å². The highest BCUT2D eigenvalue weighted by molar-refractivity contribution is 5.98. The first-order valence-corrected chi connectivity index (χ1v) is 8.68. The summed E-state index contributed by atoms with van der Waals surface area (Å²) in [5.74, 6) is -0.139. The smallest absolute Gasteiger partial charge is 0.331 e. The Balaban J connectivity index is 1.94. The van der Waals surface area contributed by atoms with Crippen LogP contribution in [0, 0.1) is 0 Å². The summed E-state index contributed by atoms with van der Waals surface area (Å²) in [5, 5.41) is 4.75. The van der Waals surface area contributed by atoms with Gasteiger partial charge in [0, 0.05) is 12.1 Å². The molecule has 3 amide bonds. The van der Waals surface area contributed by atoms with Crippen LogP contribution in [0.4, 0.5) is 4.79 Å². The maximum atomic E-state index is 12.0. The van der Waals surface area contributed by atoms with Crippen LogP contribution in [0.5, 0.6) is 17.2 Å². The summed E-state index contributed by atoms with van der Waals surface area (Å²) in [6, 6.07) is 2.84. The number of urea groups is 1. The average Bonchev–Trinajstić information content (AvgIpc) is 3.48. The molecule has 1 aromatic carbocycles. The molecule has 1 aliphatic carbocycles. The van der Waals surface area contributed by atoms with Gasteiger partial charge in [-0.3, -0.25) is 10.1 Å².